The maximum absolute atomic E-state index is 13.1. The summed E-state index contributed by atoms with van der Waals surface area (Å²) >= 11 is 0. The molecule has 0 rings (SSSR count). The van der Waals surface area contributed by atoms with Crippen molar-refractivity contribution >= 4 is 5.97 Å². The van der Waals surface area contributed by atoms with Gasteiger partial charge in [0.2, 0.25) is 0 Å². The van der Waals surface area contributed by atoms with Crippen LogP contribution in [0.2, 0.25) is 0 Å². The van der Waals surface area contributed by atoms with Gasteiger partial charge in [-0.3, -0.25) is 0 Å². The zero-order valence-corrected chi connectivity index (χ0v) is 10.5. The van der Waals surface area contributed by atoms with Gasteiger partial charge in [0.15, 0.2) is 6.17 Å². The third-order valence-corrected chi connectivity index (χ3v) is 2.34. The van der Waals surface area contributed by atoms with Crippen molar-refractivity contribution in [3.8, 4) is 0 Å². The van der Waals surface area contributed by atoms with Gasteiger partial charge >= 0.3 is 24.2 Å². The van der Waals surface area contributed by atoms with Crippen molar-refractivity contribution in [2.75, 3.05) is 0 Å². The number of carbonyl (C=O) groups is 1. The second-order valence-corrected chi connectivity index (χ2v) is 4.09. The fourth-order valence-electron chi connectivity index (χ4n) is 1.25. The van der Waals surface area contributed by atoms with E-state index in [2.05, 4.69) is 11.3 Å². The number of hydrogen-bond donors (Lipinski definition) is 0. The number of unbranched alkanes of at least 4 members (excludes halogenated alkanes) is 1. The Labute approximate surface area is 114 Å². The molecule has 0 N–H and O–H groups in total. The standard InChI is InChI=1S/C11H12F8O2/c1-2-8(20)21-11(18,19)10(16,17)7(12)5-3-4-6-9(13,14)15/h2,7H,1,3-6H2. The topological polar surface area (TPSA) is 26.3 Å². The van der Waals surface area contributed by atoms with Crippen LogP contribution >= 0.6 is 0 Å². The van der Waals surface area contributed by atoms with E-state index in [1.807, 2.05) is 0 Å². The Balaban J connectivity index is 4.53. The first-order chi connectivity index (χ1) is 9.33. The number of esters is 1. The lowest BCUT2D eigenvalue weighted by Crippen LogP contribution is -2.50. The molecule has 0 radical (unpaired) electrons. The minimum atomic E-state index is -5.43. The van der Waals surface area contributed by atoms with E-state index in [0.29, 0.717) is 0 Å². The molecule has 1 atom stereocenters. The number of alkyl halides is 8. The Morgan fingerprint density at radius 1 is 1.10 bits per heavy atom. The molecule has 1 unspecified atom stereocenters. The third kappa shape index (κ3) is 6.30. The van der Waals surface area contributed by atoms with Crippen LogP contribution < -0.4 is 0 Å². The van der Waals surface area contributed by atoms with E-state index in [1.165, 1.54) is 0 Å². The van der Waals surface area contributed by atoms with Crippen molar-refractivity contribution in [2.45, 2.75) is 50.1 Å². The highest BCUT2D eigenvalue weighted by molar-refractivity contribution is 5.81. The molecular formula is C11H12F8O2. The van der Waals surface area contributed by atoms with Crippen LogP contribution in [0.1, 0.15) is 25.7 Å². The molecule has 10 heteroatoms. The van der Waals surface area contributed by atoms with Crippen molar-refractivity contribution in [1.82, 2.24) is 0 Å². The van der Waals surface area contributed by atoms with Crippen LogP contribution in [0.3, 0.4) is 0 Å². The molecule has 0 fully saturated rings. The first-order valence-corrected chi connectivity index (χ1v) is 5.65. The molecule has 0 heterocycles. The highest BCUT2D eigenvalue weighted by Gasteiger charge is 2.65. The van der Waals surface area contributed by atoms with Gasteiger partial charge in [-0.15, -0.1) is 0 Å². The SMILES string of the molecule is C=CC(=O)OC(F)(F)C(F)(F)C(F)CCCCC(F)(F)F. The summed E-state index contributed by atoms with van der Waals surface area (Å²) in [5.74, 6) is -7.24. The Bertz CT molecular complexity index is 364. The van der Waals surface area contributed by atoms with Gasteiger partial charge in [0.1, 0.15) is 0 Å². The Morgan fingerprint density at radius 3 is 2.05 bits per heavy atom. The molecule has 0 aromatic carbocycles. The summed E-state index contributed by atoms with van der Waals surface area (Å²) in [5.41, 5.74) is 0. The maximum atomic E-state index is 13.1. The smallest absolute Gasteiger partial charge is 0.393 e. The van der Waals surface area contributed by atoms with E-state index in [9.17, 15) is 39.9 Å². The monoisotopic (exact) mass is 328 g/mol. The molecule has 0 aromatic rings. The summed E-state index contributed by atoms with van der Waals surface area (Å²) in [6.07, 6.45) is -17.2. The van der Waals surface area contributed by atoms with E-state index >= 15 is 0 Å². The average Bonchev–Trinajstić information content (AvgIpc) is 2.32. The minimum Gasteiger partial charge on any atom is -0.393 e. The van der Waals surface area contributed by atoms with Crippen LogP contribution in [0.15, 0.2) is 12.7 Å². The summed E-state index contributed by atoms with van der Waals surface area (Å²) < 4.78 is 104. The van der Waals surface area contributed by atoms with E-state index in [4.69, 9.17) is 0 Å². The van der Waals surface area contributed by atoms with Crippen molar-refractivity contribution in [3.05, 3.63) is 12.7 Å². The van der Waals surface area contributed by atoms with Crippen LogP contribution in [-0.2, 0) is 9.53 Å². The van der Waals surface area contributed by atoms with Crippen molar-refractivity contribution in [2.24, 2.45) is 0 Å². The van der Waals surface area contributed by atoms with Gasteiger partial charge < -0.3 is 4.74 Å². The molecule has 0 aliphatic heterocycles. The van der Waals surface area contributed by atoms with Crippen LogP contribution in [0.4, 0.5) is 35.1 Å². The lowest BCUT2D eigenvalue weighted by Gasteiger charge is -2.27. The predicted molar refractivity (Wildman–Crippen MR) is 55.6 cm³/mol. The molecule has 2 nitrogen and oxygen atoms in total. The number of ether oxygens (including phenoxy) is 1. The molecule has 0 aliphatic rings. The van der Waals surface area contributed by atoms with Crippen molar-refractivity contribution in [3.63, 3.8) is 0 Å². The van der Waals surface area contributed by atoms with E-state index < -0.39 is 56.0 Å². The molecule has 21 heavy (non-hydrogen) atoms. The third-order valence-electron chi connectivity index (χ3n) is 2.34. The molecule has 124 valence electrons. The van der Waals surface area contributed by atoms with Gasteiger partial charge in [0.25, 0.3) is 0 Å². The lowest BCUT2D eigenvalue weighted by atomic mass is 10.1. The van der Waals surface area contributed by atoms with E-state index in [1.54, 1.807) is 0 Å². The fourth-order valence-corrected chi connectivity index (χ4v) is 1.25. The number of carbonyl (C=O) groups excluding carboxylic acids is 1. The molecule has 0 amide bonds. The first kappa shape index (κ1) is 19.7. The van der Waals surface area contributed by atoms with Crippen molar-refractivity contribution < 1.29 is 44.7 Å². The van der Waals surface area contributed by atoms with Crippen LogP contribution in [0.5, 0.6) is 0 Å². The Morgan fingerprint density at radius 2 is 1.62 bits per heavy atom. The zero-order valence-electron chi connectivity index (χ0n) is 10.5. The molecular weight excluding hydrogens is 316 g/mol. The first-order valence-electron chi connectivity index (χ1n) is 5.65. The second-order valence-electron chi connectivity index (χ2n) is 4.09. The lowest BCUT2D eigenvalue weighted by molar-refractivity contribution is -0.344. The average molecular weight is 328 g/mol. The second kappa shape index (κ2) is 7.08. The number of hydrogen-bond acceptors (Lipinski definition) is 2. The minimum absolute atomic E-state index is 0.181. The van der Waals surface area contributed by atoms with Crippen molar-refractivity contribution in [1.29, 1.82) is 0 Å². The summed E-state index contributed by atoms with van der Waals surface area (Å²) in [6.45, 7) is 2.70. The van der Waals surface area contributed by atoms with Gasteiger partial charge in [0.05, 0.1) is 0 Å². The normalized spacial score (nSPS) is 14.7. The quantitative estimate of drug-likeness (QED) is 0.286. The Kier molecular flexibility index (Phi) is 6.62. The highest BCUT2D eigenvalue weighted by Crippen LogP contribution is 2.41. The summed E-state index contributed by atoms with van der Waals surface area (Å²) in [5, 5.41) is 0. The zero-order chi connectivity index (χ0) is 16.9. The predicted octanol–water partition coefficient (Wildman–Crippen LogP) is 4.40. The Hall–Kier alpha value is -1.35. The largest absolute Gasteiger partial charge is 0.469 e. The van der Waals surface area contributed by atoms with Crippen LogP contribution in [0.25, 0.3) is 0 Å². The van der Waals surface area contributed by atoms with Gasteiger partial charge in [-0.1, -0.05) is 6.58 Å². The maximum Gasteiger partial charge on any atom is 0.469 e. The van der Waals surface area contributed by atoms with Gasteiger partial charge in [-0.25, -0.2) is 9.18 Å². The van der Waals surface area contributed by atoms with E-state index in [-0.39, 0.29) is 6.08 Å². The molecule has 0 spiro atoms. The van der Waals surface area contributed by atoms with Gasteiger partial charge in [-0.05, 0) is 19.3 Å². The number of rotatable bonds is 8. The fraction of sp³-hybridized carbons (Fsp3) is 0.727. The molecule has 0 saturated carbocycles. The van der Waals surface area contributed by atoms with Crippen LogP contribution in [0, 0.1) is 0 Å². The molecule has 0 saturated heterocycles. The molecule has 0 bridgehead atoms. The summed E-state index contributed by atoms with van der Waals surface area (Å²) in [6, 6.07) is 0. The number of halogens is 8. The summed E-state index contributed by atoms with van der Waals surface area (Å²) in [4.78, 5) is 10.5. The van der Waals surface area contributed by atoms with Crippen LogP contribution in [-0.4, -0.2) is 30.3 Å². The highest BCUT2D eigenvalue weighted by atomic mass is 19.4. The molecule has 0 aromatic heterocycles. The summed E-state index contributed by atoms with van der Waals surface area (Å²) in [7, 11) is 0. The van der Waals surface area contributed by atoms with Gasteiger partial charge in [0, 0.05) is 12.5 Å². The molecule has 0 aliphatic carbocycles. The van der Waals surface area contributed by atoms with Gasteiger partial charge in [-0.2, -0.15) is 30.7 Å². The van der Waals surface area contributed by atoms with E-state index in [0.717, 1.165) is 0 Å².